The molecule has 176 valence electrons. The van der Waals surface area contributed by atoms with Gasteiger partial charge < -0.3 is 10.2 Å². The fourth-order valence-corrected chi connectivity index (χ4v) is 4.74. The SMILES string of the molecule is O=C(c1cc(Cl)ccc1-c1ncccn1)N1[C@H](CNc2ccc(C(F)(F)F)cn2)CC[C@@H]2C[C@@H]21. The molecule has 5 rings (SSSR count). The van der Waals surface area contributed by atoms with Gasteiger partial charge in [0, 0.05) is 47.8 Å². The maximum absolute atomic E-state index is 13.8. The largest absolute Gasteiger partial charge is 0.417 e. The maximum atomic E-state index is 13.8. The number of nitrogens with one attached hydrogen (secondary N) is 1. The molecule has 2 fully saturated rings. The van der Waals surface area contributed by atoms with E-state index >= 15 is 0 Å². The maximum Gasteiger partial charge on any atom is 0.417 e. The van der Waals surface area contributed by atoms with Crippen LogP contribution in [-0.4, -0.2) is 44.4 Å². The van der Waals surface area contributed by atoms with Crippen LogP contribution in [0.3, 0.4) is 0 Å². The molecule has 6 nitrogen and oxygen atoms in total. The van der Waals surface area contributed by atoms with Crippen molar-refractivity contribution in [1.29, 1.82) is 0 Å². The number of carbonyl (C=O) groups is 1. The van der Waals surface area contributed by atoms with Crippen LogP contribution in [0.1, 0.15) is 35.2 Å². The molecule has 1 N–H and O–H groups in total. The number of alkyl halides is 3. The highest BCUT2D eigenvalue weighted by atomic mass is 35.5. The number of aromatic nitrogens is 3. The molecule has 2 aliphatic rings. The molecular weight excluding hydrogens is 467 g/mol. The molecule has 1 aromatic carbocycles. The van der Waals surface area contributed by atoms with E-state index in [-0.39, 0.29) is 18.0 Å². The first-order valence-electron chi connectivity index (χ1n) is 11.0. The summed E-state index contributed by atoms with van der Waals surface area (Å²) < 4.78 is 38.4. The number of pyridine rings is 1. The van der Waals surface area contributed by atoms with Gasteiger partial charge in [-0.3, -0.25) is 4.79 Å². The van der Waals surface area contributed by atoms with Crippen molar-refractivity contribution in [3.05, 3.63) is 71.1 Å². The van der Waals surface area contributed by atoms with Gasteiger partial charge in [0.05, 0.1) is 11.1 Å². The number of fused-ring (bicyclic) bond motifs is 1. The lowest BCUT2D eigenvalue weighted by atomic mass is 9.98. The third-order valence-electron chi connectivity index (χ3n) is 6.37. The first-order chi connectivity index (χ1) is 16.3. The molecule has 0 bridgehead atoms. The van der Waals surface area contributed by atoms with Crippen LogP contribution in [-0.2, 0) is 6.18 Å². The zero-order valence-electron chi connectivity index (χ0n) is 18.0. The van der Waals surface area contributed by atoms with E-state index in [2.05, 4.69) is 20.3 Å². The van der Waals surface area contributed by atoms with Gasteiger partial charge in [-0.25, -0.2) is 15.0 Å². The molecule has 34 heavy (non-hydrogen) atoms. The van der Waals surface area contributed by atoms with Gasteiger partial charge in [0.1, 0.15) is 5.82 Å². The molecule has 3 heterocycles. The van der Waals surface area contributed by atoms with Gasteiger partial charge in [0.25, 0.3) is 5.91 Å². The van der Waals surface area contributed by atoms with Crippen LogP contribution in [0.5, 0.6) is 0 Å². The van der Waals surface area contributed by atoms with Gasteiger partial charge in [0.15, 0.2) is 5.82 Å². The number of benzene rings is 1. The lowest BCUT2D eigenvalue weighted by Gasteiger charge is -2.36. The van der Waals surface area contributed by atoms with Crippen molar-refractivity contribution in [2.75, 3.05) is 11.9 Å². The standard InChI is InChI=1S/C24H21ClF3N5O/c25-16-4-6-18(22-29-8-1-9-30-22)19(11-16)23(34)33-17(5-2-14-10-20(14)33)13-32-21-7-3-15(12-31-21)24(26,27)28/h1,3-4,6-9,11-12,14,17,20H,2,5,10,13H2,(H,31,32)/t14-,17+,20+/m1/s1. The van der Waals surface area contributed by atoms with Gasteiger partial charge in [-0.1, -0.05) is 11.6 Å². The fourth-order valence-electron chi connectivity index (χ4n) is 4.57. The summed E-state index contributed by atoms with van der Waals surface area (Å²) in [4.78, 5) is 28.2. The van der Waals surface area contributed by atoms with Gasteiger partial charge in [-0.2, -0.15) is 13.2 Å². The van der Waals surface area contributed by atoms with Crippen molar-refractivity contribution in [2.24, 2.45) is 5.92 Å². The van der Waals surface area contributed by atoms with Gasteiger partial charge in [-0.05, 0) is 61.6 Å². The number of carbonyl (C=O) groups excluding carboxylic acids is 1. The van der Waals surface area contributed by atoms with Crippen LogP contribution < -0.4 is 5.32 Å². The summed E-state index contributed by atoms with van der Waals surface area (Å²) in [6.07, 6.45) is 2.35. The summed E-state index contributed by atoms with van der Waals surface area (Å²) >= 11 is 6.24. The topological polar surface area (TPSA) is 71.0 Å². The highest BCUT2D eigenvalue weighted by Crippen LogP contribution is 2.46. The van der Waals surface area contributed by atoms with Crippen LogP contribution >= 0.6 is 11.6 Å². The second kappa shape index (κ2) is 8.87. The summed E-state index contributed by atoms with van der Waals surface area (Å²) in [5.74, 6) is 1.10. The van der Waals surface area contributed by atoms with E-state index in [1.54, 1.807) is 36.7 Å². The third kappa shape index (κ3) is 4.57. The van der Waals surface area contributed by atoms with Crippen molar-refractivity contribution in [1.82, 2.24) is 19.9 Å². The number of piperidine rings is 1. The summed E-state index contributed by atoms with van der Waals surface area (Å²) in [5.41, 5.74) is 0.239. The predicted octanol–water partition coefficient (Wildman–Crippen LogP) is 5.32. The average molecular weight is 488 g/mol. The minimum atomic E-state index is -4.43. The van der Waals surface area contributed by atoms with E-state index < -0.39 is 11.7 Å². The summed E-state index contributed by atoms with van der Waals surface area (Å²) in [6.45, 7) is 0.380. The number of halogens is 4. The van der Waals surface area contributed by atoms with Crippen LogP contribution in [0.2, 0.25) is 5.02 Å². The molecule has 10 heteroatoms. The summed E-state index contributed by atoms with van der Waals surface area (Å²) in [7, 11) is 0. The smallest absolute Gasteiger partial charge is 0.368 e. The molecule has 1 aliphatic carbocycles. The quantitative estimate of drug-likeness (QED) is 0.527. The van der Waals surface area contributed by atoms with Crippen LogP contribution in [0.15, 0.2) is 55.0 Å². The zero-order valence-corrected chi connectivity index (χ0v) is 18.7. The molecule has 1 amide bonds. The molecule has 1 saturated carbocycles. The van der Waals surface area contributed by atoms with E-state index in [0.29, 0.717) is 40.3 Å². The molecule has 0 unspecified atom stereocenters. The van der Waals surface area contributed by atoms with Crippen molar-refractivity contribution >= 4 is 23.3 Å². The van der Waals surface area contributed by atoms with Gasteiger partial charge in [0.2, 0.25) is 0 Å². The molecule has 3 aromatic rings. The van der Waals surface area contributed by atoms with E-state index in [9.17, 15) is 18.0 Å². The Morgan fingerprint density at radius 3 is 2.62 bits per heavy atom. The normalized spacial score (nSPS) is 21.6. The summed E-state index contributed by atoms with van der Waals surface area (Å²) in [6, 6.07) is 9.10. The Labute approximate surface area is 199 Å². The monoisotopic (exact) mass is 487 g/mol. The van der Waals surface area contributed by atoms with E-state index in [1.807, 2.05) is 4.90 Å². The molecule has 0 radical (unpaired) electrons. The number of hydrogen-bond acceptors (Lipinski definition) is 5. The summed E-state index contributed by atoms with van der Waals surface area (Å²) in [5, 5.41) is 3.54. The second-order valence-corrected chi connectivity index (χ2v) is 9.02. The third-order valence-corrected chi connectivity index (χ3v) is 6.60. The minimum Gasteiger partial charge on any atom is -0.368 e. The molecule has 1 saturated heterocycles. The molecule has 3 atom stereocenters. The highest BCUT2D eigenvalue weighted by Gasteiger charge is 2.50. The Bertz CT molecular complexity index is 1190. The lowest BCUT2D eigenvalue weighted by Crippen LogP contribution is -2.48. The predicted molar refractivity (Wildman–Crippen MR) is 121 cm³/mol. The minimum absolute atomic E-state index is 0.135. The second-order valence-electron chi connectivity index (χ2n) is 8.58. The molecule has 0 spiro atoms. The number of rotatable bonds is 5. The first kappa shape index (κ1) is 22.6. The number of anilines is 1. The Morgan fingerprint density at radius 2 is 1.91 bits per heavy atom. The molecule has 1 aliphatic heterocycles. The number of amides is 1. The van der Waals surface area contributed by atoms with E-state index in [0.717, 1.165) is 31.5 Å². The lowest BCUT2D eigenvalue weighted by molar-refractivity contribution is -0.137. The van der Waals surface area contributed by atoms with Gasteiger partial charge in [-0.15, -0.1) is 0 Å². The Morgan fingerprint density at radius 1 is 1.12 bits per heavy atom. The Kier molecular flexibility index (Phi) is 5.89. The number of likely N-dealkylation sites (tertiary alicyclic amines) is 1. The fraction of sp³-hybridized carbons (Fsp3) is 0.333. The van der Waals surface area contributed by atoms with Crippen molar-refractivity contribution in [2.45, 2.75) is 37.5 Å². The average Bonchev–Trinajstić information content (AvgIpc) is 3.62. The van der Waals surface area contributed by atoms with Crippen LogP contribution in [0.25, 0.3) is 11.4 Å². The van der Waals surface area contributed by atoms with Crippen molar-refractivity contribution in [3.63, 3.8) is 0 Å². The van der Waals surface area contributed by atoms with Crippen LogP contribution in [0.4, 0.5) is 19.0 Å². The van der Waals surface area contributed by atoms with Gasteiger partial charge >= 0.3 is 6.18 Å². The van der Waals surface area contributed by atoms with Crippen molar-refractivity contribution < 1.29 is 18.0 Å². The van der Waals surface area contributed by atoms with Crippen molar-refractivity contribution in [3.8, 4) is 11.4 Å². The number of hydrogen-bond donors (Lipinski definition) is 1. The van der Waals surface area contributed by atoms with E-state index in [4.69, 9.17) is 11.6 Å². The molecular formula is C24H21ClF3N5O. The zero-order chi connectivity index (χ0) is 23.9. The van der Waals surface area contributed by atoms with Crippen LogP contribution in [0, 0.1) is 5.92 Å². The Balaban J connectivity index is 1.38. The molecule has 2 aromatic heterocycles. The number of nitrogens with zero attached hydrogens (tertiary/aromatic N) is 4. The van der Waals surface area contributed by atoms with E-state index in [1.165, 1.54) is 6.07 Å². The Hall–Kier alpha value is -3.20. The highest BCUT2D eigenvalue weighted by molar-refractivity contribution is 6.31. The first-order valence-corrected chi connectivity index (χ1v) is 11.4.